The van der Waals surface area contributed by atoms with Crippen LogP contribution in [-0.4, -0.2) is 13.1 Å². The molecule has 18 heavy (non-hydrogen) atoms. The fraction of sp³-hybridized carbons (Fsp3) is 0.385. The summed E-state index contributed by atoms with van der Waals surface area (Å²) in [6, 6.07) is 5.92. The first kappa shape index (κ1) is 14.0. The number of esters is 1. The normalized spacial score (nSPS) is 11.4. The van der Waals surface area contributed by atoms with Crippen molar-refractivity contribution in [1.29, 1.82) is 5.26 Å². The molecule has 0 aliphatic rings. The number of hydrogen-bond acceptors (Lipinski definition) is 4. The van der Waals surface area contributed by atoms with Crippen LogP contribution in [0.3, 0.4) is 0 Å². The van der Waals surface area contributed by atoms with Gasteiger partial charge in [0.2, 0.25) is 0 Å². The molecule has 0 heterocycles. The van der Waals surface area contributed by atoms with Crippen molar-refractivity contribution in [3.05, 3.63) is 29.6 Å². The highest BCUT2D eigenvalue weighted by atomic mass is 19.1. The SMILES string of the molecule is COc1ccc(F)cc1COC(=O)CC(C)C#N. The number of ether oxygens (including phenoxy) is 2. The number of carbonyl (C=O) groups excluding carboxylic acids is 1. The van der Waals surface area contributed by atoms with Crippen molar-refractivity contribution >= 4 is 5.97 Å². The average molecular weight is 251 g/mol. The lowest BCUT2D eigenvalue weighted by atomic mass is 10.1. The molecule has 0 saturated heterocycles. The standard InChI is InChI=1S/C13H14FNO3/c1-9(7-15)5-13(16)18-8-10-6-11(14)3-4-12(10)17-2/h3-4,6,9H,5,8H2,1-2H3. The lowest BCUT2D eigenvalue weighted by Gasteiger charge is -2.09. The Hall–Kier alpha value is -2.09. The van der Waals surface area contributed by atoms with E-state index >= 15 is 0 Å². The van der Waals surface area contributed by atoms with E-state index in [1.807, 2.05) is 6.07 Å². The zero-order chi connectivity index (χ0) is 13.5. The fourth-order valence-corrected chi connectivity index (χ4v) is 1.37. The van der Waals surface area contributed by atoms with E-state index in [0.29, 0.717) is 11.3 Å². The number of methoxy groups -OCH3 is 1. The number of halogens is 1. The molecular formula is C13H14FNO3. The maximum Gasteiger partial charge on any atom is 0.307 e. The zero-order valence-electron chi connectivity index (χ0n) is 10.3. The van der Waals surface area contributed by atoms with Gasteiger partial charge in [0, 0.05) is 5.56 Å². The van der Waals surface area contributed by atoms with Gasteiger partial charge in [-0.25, -0.2) is 4.39 Å². The van der Waals surface area contributed by atoms with Crippen LogP contribution in [-0.2, 0) is 16.1 Å². The third-order valence-corrected chi connectivity index (χ3v) is 2.32. The van der Waals surface area contributed by atoms with Crippen LogP contribution in [0.1, 0.15) is 18.9 Å². The molecule has 1 atom stereocenters. The van der Waals surface area contributed by atoms with Crippen molar-refractivity contribution in [2.24, 2.45) is 5.92 Å². The summed E-state index contributed by atoms with van der Waals surface area (Å²) in [6.45, 7) is 1.56. The summed E-state index contributed by atoms with van der Waals surface area (Å²) in [6.07, 6.45) is 0.0220. The van der Waals surface area contributed by atoms with Gasteiger partial charge in [-0.15, -0.1) is 0 Å². The molecular weight excluding hydrogens is 237 g/mol. The van der Waals surface area contributed by atoms with E-state index in [0.717, 1.165) is 0 Å². The highest BCUT2D eigenvalue weighted by Gasteiger charge is 2.11. The van der Waals surface area contributed by atoms with E-state index in [-0.39, 0.29) is 13.0 Å². The molecule has 0 bridgehead atoms. The van der Waals surface area contributed by atoms with Crippen LogP contribution in [0.5, 0.6) is 5.75 Å². The van der Waals surface area contributed by atoms with Gasteiger partial charge in [0.15, 0.2) is 0 Å². The molecule has 0 N–H and O–H groups in total. The molecule has 0 aliphatic carbocycles. The summed E-state index contributed by atoms with van der Waals surface area (Å²) < 4.78 is 23.0. The second-order valence-electron chi connectivity index (χ2n) is 3.85. The van der Waals surface area contributed by atoms with Gasteiger partial charge in [-0.05, 0) is 25.1 Å². The second-order valence-corrected chi connectivity index (χ2v) is 3.85. The van der Waals surface area contributed by atoms with Crippen molar-refractivity contribution in [2.75, 3.05) is 7.11 Å². The summed E-state index contributed by atoms with van der Waals surface area (Å²) in [5.41, 5.74) is 0.454. The molecule has 4 nitrogen and oxygen atoms in total. The Morgan fingerprint density at radius 1 is 1.56 bits per heavy atom. The predicted molar refractivity (Wildman–Crippen MR) is 62.1 cm³/mol. The first-order valence-corrected chi connectivity index (χ1v) is 5.44. The van der Waals surface area contributed by atoms with E-state index in [2.05, 4.69) is 0 Å². The maximum atomic E-state index is 13.0. The van der Waals surface area contributed by atoms with Gasteiger partial charge < -0.3 is 9.47 Å². The maximum absolute atomic E-state index is 13.0. The summed E-state index contributed by atoms with van der Waals surface area (Å²) in [7, 11) is 1.45. The molecule has 0 radical (unpaired) electrons. The van der Waals surface area contributed by atoms with Crippen LogP contribution in [0.25, 0.3) is 0 Å². The van der Waals surface area contributed by atoms with Crippen molar-refractivity contribution in [1.82, 2.24) is 0 Å². The minimum atomic E-state index is -0.490. The van der Waals surface area contributed by atoms with Crippen LogP contribution in [0.2, 0.25) is 0 Å². The summed E-state index contributed by atoms with van der Waals surface area (Å²) in [5, 5.41) is 8.56. The number of benzene rings is 1. The molecule has 0 saturated carbocycles. The van der Waals surface area contributed by atoms with E-state index in [1.165, 1.54) is 25.3 Å². The van der Waals surface area contributed by atoms with Crippen LogP contribution in [0, 0.1) is 23.1 Å². The Morgan fingerprint density at radius 2 is 2.28 bits per heavy atom. The van der Waals surface area contributed by atoms with Crippen molar-refractivity contribution in [2.45, 2.75) is 20.0 Å². The third kappa shape index (κ3) is 4.06. The average Bonchev–Trinajstić information content (AvgIpc) is 2.36. The first-order valence-electron chi connectivity index (χ1n) is 5.44. The fourth-order valence-electron chi connectivity index (χ4n) is 1.37. The van der Waals surface area contributed by atoms with Gasteiger partial charge in [-0.1, -0.05) is 0 Å². The van der Waals surface area contributed by atoms with Crippen molar-refractivity contribution < 1.29 is 18.7 Å². The Labute approximate surface area is 105 Å². The number of rotatable bonds is 5. The van der Waals surface area contributed by atoms with Gasteiger partial charge in [0.25, 0.3) is 0 Å². The largest absolute Gasteiger partial charge is 0.496 e. The molecule has 1 aromatic carbocycles. The molecule has 96 valence electrons. The first-order chi connectivity index (χ1) is 8.56. The van der Waals surface area contributed by atoms with Gasteiger partial charge in [-0.2, -0.15) is 5.26 Å². The van der Waals surface area contributed by atoms with Crippen LogP contribution >= 0.6 is 0 Å². The minimum Gasteiger partial charge on any atom is -0.496 e. The smallest absolute Gasteiger partial charge is 0.307 e. The zero-order valence-corrected chi connectivity index (χ0v) is 10.3. The van der Waals surface area contributed by atoms with Gasteiger partial charge in [0.05, 0.1) is 25.5 Å². The monoisotopic (exact) mass is 251 g/mol. The molecule has 5 heteroatoms. The molecule has 1 unspecified atom stereocenters. The van der Waals surface area contributed by atoms with E-state index in [1.54, 1.807) is 6.92 Å². The van der Waals surface area contributed by atoms with Gasteiger partial charge >= 0.3 is 5.97 Å². The Kier molecular flexibility index (Phi) is 5.12. The van der Waals surface area contributed by atoms with Crippen molar-refractivity contribution in [3.8, 4) is 11.8 Å². The summed E-state index contributed by atoms with van der Waals surface area (Å²) in [4.78, 5) is 11.4. The van der Waals surface area contributed by atoms with Gasteiger partial charge in [0.1, 0.15) is 18.2 Å². The predicted octanol–water partition coefficient (Wildman–Crippen LogP) is 2.43. The second kappa shape index (κ2) is 6.60. The van der Waals surface area contributed by atoms with E-state index in [9.17, 15) is 9.18 Å². The molecule has 0 aliphatic heterocycles. The Morgan fingerprint density at radius 3 is 2.89 bits per heavy atom. The molecule has 0 aromatic heterocycles. The Balaban J connectivity index is 2.60. The highest BCUT2D eigenvalue weighted by molar-refractivity contribution is 5.70. The topological polar surface area (TPSA) is 59.3 Å². The van der Waals surface area contributed by atoms with Crippen LogP contribution < -0.4 is 4.74 Å². The van der Waals surface area contributed by atoms with E-state index < -0.39 is 17.7 Å². The molecule has 0 amide bonds. The quantitative estimate of drug-likeness (QED) is 0.754. The molecule has 0 spiro atoms. The third-order valence-electron chi connectivity index (χ3n) is 2.32. The molecule has 1 rings (SSSR count). The lowest BCUT2D eigenvalue weighted by molar-refractivity contribution is -0.145. The van der Waals surface area contributed by atoms with Gasteiger partial charge in [-0.3, -0.25) is 4.79 Å². The number of nitriles is 1. The number of carbonyl (C=O) groups is 1. The van der Waals surface area contributed by atoms with Crippen LogP contribution in [0.4, 0.5) is 4.39 Å². The summed E-state index contributed by atoms with van der Waals surface area (Å²) >= 11 is 0. The number of hydrogen-bond donors (Lipinski definition) is 0. The van der Waals surface area contributed by atoms with Crippen LogP contribution in [0.15, 0.2) is 18.2 Å². The highest BCUT2D eigenvalue weighted by Crippen LogP contribution is 2.20. The van der Waals surface area contributed by atoms with Crippen molar-refractivity contribution in [3.63, 3.8) is 0 Å². The Bertz CT molecular complexity index is 468. The summed E-state index contributed by atoms with van der Waals surface area (Å²) in [5.74, 6) is -0.855. The molecule has 1 aromatic rings. The minimum absolute atomic E-state index is 0.0220. The molecule has 0 fully saturated rings. The lowest BCUT2D eigenvalue weighted by Crippen LogP contribution is -2.09. The number of nitrogens with zero attached hydrogens (tertiary/aromatic N) is 1. The van der Waals surface area contributed by atoms with E-state index in [4.69, 9.17) is 14.7 Å².